The summed E-state index contributed by atoms with van der Waals surface area (Å²) in [6, 6.07) is 14.4. The van der Waals surface area contributed by atoms with Crippen LogP contribution in [0.4, 0.5) is 0 Å². The molecular formula is C23H27N4O2S+. The Labute approximate surface area is 182 Å². The zero-order valence-corrected chi connectivity index (χ0v) is 18.2. The van der Waals surface area contributed by atoms with Crippen LogP contribution in [0, 0.1) is 4.77 Å². The molecule has 1 aliphatic rings. The van der Waals surface area contributed by atoms with Crippen LogP contribution in [0.2, 0.25) is 0 Å². The topological polar surface area (TPSA) is 45.7 Å². The molecule has 0 saturated heterocycles. The smallest absolute Gasteiger partial charge is 0.203 e. The van der Waals surface area contributed by atoms with Gasteiger partial charge in [0, 0.05) is 24.1 Å². The first kappa shape index (κ1) is 20.4. The van der Waals surface area contributed by atoms with Gasteiger partial charge in [-0.25, -0.2) is 0 Å². The van der Waals surface area contributed by atoms with Crippen LogP contribution in [0.15, 0.2) is 55.1 Å². The van der Waals surface area contributed by atoms with Gasteiger partial charge in [0.1, 0.15) is 6.54 Å². The largest absolute Gasteiger partial charge is 0.493 e. The van der Waals surface area contributed by atoms with Crippen LogP contribution in [0.1, 0.15) is 11.1 Å². The Balaban J connectivity index is 1.61. The number of fused-ring (bicyclic) bond motifs is 1. The highest BCUT2D eigenvalue weighted by Crippen LogP contribution is 2.31. The van der Waals surface area contributed by atoms with Crippen molar-refractivity contribution < 1.29 is 14.4 Å². The molecule has 2 heterocycles. The third kappa shape index (κ3) is 3.91. The molecular weight excluding hydrogens is 396 g/mol. The SMILES string of the molecule is C=CCn1c(-c2ccccc2)nn(C[NH+]2CCc3cc(OC)c(OC)cc3C2)c1=S. The predicted molar refractivity (Wildman–Crippen MR) is 119 cm³/mol. The van der Waals surface area contributed by atoms with Crippen molar-refractivity contribution >= 4 is 12.2 Å². The maximum atomic E-state index is 5.76. The van der Waals surface area contributed by atoms with Crippen LogP contribution in [-0.4, -0.2) is 35.1 Å². The predicted octanol–water partition coefficient (Wildman–Crippen LogP) is 2.88. The summed E-state index contributed by atoms with van der Waals surface area (Å²) in [7, 11) is 3.35. The molecule has 0 saturated carbocycles. The number of ether oxygens (including phenoxy) is 2. The molecule has 1 aromatic heterocycles. The average Bonchev–Trinajstić information content (AvgIpc) is 3.09. The Morgan fingerprint density at radius 1 is 1.13 bits per heavy atom. The lowest BCUT2D eigenvalue weighted by atomic mass is 9.99. The van der Waals surface area contributed by atoms with Gasteiger partial charge in [-0.15, -0.1) is 11.7 Å². The molecule has 1 atom stereocenters. The van der Waals surface area contributed by atoms with E-state index in [0.717, 1.165) is 53.8 Å². The van der Waals surface area contributed by atoms with E-state index in [1.54, 1.807) is 14.2 Å². The Morgan fingerprint density at radius 2 is 1.83 bits per heavy atom. The van der Waals surface area contributed by atoms with E-state index >= 15 is 0 Å². The zero-order chi connectivity index (χ0) is 21.1. The monoisotopic (exact) mass is 423 g/mol. The molecule has 156 valence electrons. The Kier molecular flexibility index (Phi) is 6.01. The molecule has 1 N–H and O–H groups in total. The first-order valence-electron chi connectivity index (χ1n) is 10.1. The Bertz CT molecular complexity index is 1100. The number of quaternary nitrogens is 1. The van der Waals surface area contributed by atoms with E-state index < -0.39 is 0 Å². The molecule has 0 amide bonds. The summed E-state index contributed by atoms with van der Waals surface area (Å²) in [6.07, 6.45) is 2.84. The Morgan fingerprint density at radius 3 is 2.50 bits per heavy atom. The number of nitrogens with zero attached hydrogens (tertiary/aromatic N) is 3. The fourth-order valence-electron chi connectivity index (χ4n) is 4.01. The van der Waals surface area contributed by atoms with E-state index in [1.165, 1.54) is 16.0 Å². The molecule has 30 heavy (non-hydrogen) atoms. The van der Waals surface area contributed by atoms with Gasteiger partial charge in [-0.1, -0.05) is 36.4 Å². The summed E-state index contributed by atoms with van der Waals surface area (Å²) in [4.78, 5) is 1.41. The van der Waals surface area contributed by atoms with E-state index in [1.807, 2.05) is 33.5 Å². The second kappa shape index (κ2) is 8.85. The van der Waals surface area contributed by atoms with E-state index in [2.05, 4.69) is 30.8 Å². The fourth-order valence-corrected chi connectivity index (χ4v) is 4.28. The number of allylic oxidation sites excluding steroid dienone is 1. The van der Waals surface area contributed by atoms with Crippen molar-refractivity contribution in [2.45, 2.75) is 26.2 Å². The lowest BCUT2D eigenvalue weighted by Gasteiger charge is -2.26. The average molecular weight is 424 g/mol. The van der Waals surface area contributed by atoms with Crippen LogP contribution < -0.4 is 14.4 Å². The van der Waals surface area contributed by atoms with Gasteiger partial charge in [-0.3, -0.25) is 4.57 Å². The number of hydrogen-bond donors (Lipinski definition) is 1. The van der Waals surface area contributed by atoms with Gasteiger partial charge >= 0.3 is 0 Å². The van der Waals surface area contributed by atoms with Crippen molar-refractivity contribution in [2.24, 2.45) is 0 Å². The van der Waals surface area contributed by atoms with Gasteiger partial charge in [0.15, 0.2) is 24.0 Å². The van der Waals surface area contributed by atoms with Crippen molar-refractivity contribution in [3.63, 3.8) is 0 Å². The molecule has 4 rings (SSSR count). The van der Waals surface area contributed by atoms with Gasteiger partial charge < -0.3 is 14.4 Å². The second-order valence-corrected chi connectivity index (χ2v) is 7.80. The number of nitrogens with one attached hydrogen (secondary N) is 1. The van der Waals surface area contributed by atoms with Crippen molar-refractivity contribution in [1.82, 2.24) is 14.3 Å². The summed E-state index contributed by atoms with van der Waals surface area (Å²) in [5.41, 5.74) is 3.66. The van der Waals surface area contributed by atoms with Crippen LogP contribution in [-0.2, 0) is 26.2 Å². The van der Waals surface area contributed by atoms with Crippen molar-refractivity contribution in [1.29, 1.82) is 0 Å². The molecule has 0 aliphatic carbocycles. The van der Waals surface area contributed by atoms with E-state index in [9.17, 15) is 0 Å². The summed E-state index contributed by atoms with van der Waals surface area (Å²) in [6.45, 7) is 7.15. The van der Waals surface area contributed by atoms with Crippen molar-refractivity contribution in [2.75, 3.05) is 20.8 Å². The molecule has 0 radical (unpaired) electrons. The highest BCUT2D eigenvalue weighted by atomic mass is 32.1. The standard InChI is InChI=1S/C23H26N4O2S/c1-4-11-26-22(17-8-6-5-7-9-17)24-27(23(26)30)16-25-12-10-18-13-20(28-2)21(29-3)14-19(18)15-25/h4-9,13-14H,1,10-12,15-16H2,2-3H3/p+1. The Hall–Kier alpha value is -2.90. The molecule has 0 bridgehead atoms. The van der Waals surface area contributed by atoms with Crippen LogP contribution in [0.25, 0.3) is 11.4 Å². The molecule has 1 aliphatic heterocycles. The third-order valence-electron chi connectivity index (χ3n) is 5.53. The minimum absolute atomic E-state index is 0.637. The van der Waals surface area contributed by atoms with E-state index in [-0.39, 0.29) is 0 Å². The minimum atomic E-state index is 0.637. The number of benzene rings is 2. The van der Waals surface area contributed by atoms with Gasteiger partial charge in [0.2, 0.25) is 4.77 Å². The lowest BCUT2D eigenvalue weighted by molar-refractivity contribution is -0.939. The zero-order valence-electron chi connectivity index (χ0n) is 17.4. The summed E-state index contributed by atoms with van der Waals surface area (Å²) >= 11 is 5.76. The number of rotatable bonds is 7. The number of methoxy groups -OCH3 is 2. The summed E-state index contributed by atoms with van der Waals surface area (Å²) < 4.78 is 15.7. The number of aromatic nitrogens is 3. The normalized spacial score (nSPS) is 15.5. The highest BCUT2D eigenvalue weighted by molar-refractivity contribution is 7.71. The summed E-state index contributed by atoms with van der Waals surface area (Å²) in [5, 5.41) is 4.87. The molecule has 1 unspecified atom stereocenters. The first-order chi connectivity index (χ1) is 14.6. The van der Waals surface area contributed by atoms with Crippen LogP contribution >= 0.6 is 12.2 Å². The van der Waals surface area contributed by atoms with E-state index in [0.29, 0.717) is 6.54 Å². The first-order valence-corrected chi connectivity index (χ1v) is 10.5. The van der Waals surface area contributed by atoms with Crippen LogP contribution in [0.5, 0.6) is 11.5 Å². The third-order valence-corrected chi connectivity index (χ3v) is 5.97. The lowest BCUT2D eigenvalue weighted by Crippen LogP contribution is -3.11. The summed E-state index contributed by atoms with van der Waals surface area (Å²) in [5.74, 6) is 2.44. The van der Waals surface area contributed by atoms with Crippen molar-refractivity contribution in [3.05, 3.63) is 71.0 Å². The fraction of sp³-hybridized carbons (Fsp3) is 0.304. The quantitative estimate of drug-likeness (QED) is 0.469. The number of hydrogen-bond acceptors (Lipinski definition) is 4. The molecule has 3 aromatic rings. The van der Waals surface area contributed by atoms with E-state index in [4.69, 9.17) is 26.8 Å². The molecule has 2 aromatic carbocycles. The molecule has 0 fully saturated rings. The molecule has 7 heteroatoms. The van der Waals surface area contributed by atoms with Crippen molar-refractivity contribution in [3.8, 4) is 22.9 Å². The van der Waals surface area contributed by atoms with Gasteiger partial charge in [0.25, 0.3) is 0 Å². The van der Waals surface area contributed by atoms with Crippen LogP contribution in [0.3, 0.4) is 0 Å². The maximum absolute atomic E-state index is 5.76. The minimum Gasteiger partial charge on any atom is -0.493 e. The molecule has 0 spiro atoms. The maximum Gasteiger partial charge on any atom is 0.203 e. The highest BCUT2D eigenvalue weighted by Gasteiger charge is 2.24. The second-order valence-electron chi connectivity index (χ2n) is 7.43. The van der Waals surface area contributed by atoms with Gasteiger partial charge in [-0.2, -0.15) is 4.68 Å². The van der Waals surface area contributed by atoms with Gasteiger partial charge in [-0.05, 0) is 29.9 Å². The van der Waals surface area contributed by atoms with Gasteiger partial charge in [0.05, 0.1) is 20.8 Å². The molecule has 6 nitrogen and oxygen atoms in total.